The van der Waals surface area contributed by atoms with E-state index in [2.05, 4.69) is 40.6 Å². The predicted octanol–water partition coefficient (Wildman–Crippen LogP) is 3.62. The highest BCUT2D eigenvalue weighted by atomic mass is 16.5. The SMILES string of the molecule is COc1cccnc1CNC(=O)N1C2C=C(c3ccccc3)CC1CC2. The largest absolute Gasteiger partial charge is 0.495 e. The second kappa shape index (κ2) is 7.20. The molecule has 2 bridgehead atoms. The van der Waals surface area contributed by atoms with Gasteiger partial charge >= 0.3 is 6.03 Å². The zero-order valence-corrected chi connectivity index (χ0v) is 14.9. The number of benzene rings is 1. The molecule has 1 aromatic heterocycles. The van der Waals surface area contributed by atoms with Gasteiger partial charge in [0.25, 0.3) is 0 Å². The average molecular weight is 349 g/mol. The molecule has 1 aromatic carbocycles. The number of carbonyl (C=O) groups excluding carboxylic acids is 1. The van der Waals surface area contributed by atoms with Crippen LogP contribution in [0.1, 0.15) is 30.5 Å². The van der Waals surface area contributed by atoms with Gasteiger partial charge in [0.15, 0.2) is 0 Å². The number of carbonyl (C=O) groups is 1. The Morgan fingerprint density at radius 3 is 2.85 bits per heavy atom. The van der Waals surface area contributed by atoms with Crippen molar-refractivity contribution >= 4 is 11.6 Å². The van der Waals surface area contributed by atoms with Crippen LogP contribution in [0.15, 0.2) is 54.7 Å². The van der Waals surface area contributed by atoms with Gasteiger partial charge in [0.05, 0.1) is 19.7 Å². The molecule has 2 aromatic rings. The number of rotatable bonds is 4. The van der Waals surface area contributed by atoms with E-state index >= 15 is 0 Å². The molecule has 0 spiro atoms. The highest BCUT2D eigenvalue weighted by Gasteiger charge is 2.39. The second-order valence-electron chi connectivity index (χ2n) is 6.78. The first-order valence-electron chi connectivity index (χ1n) is 9.06. The molecule has 5 nitrogen and oxygen atoms in total. The van der Waals surface area contributed by atoms with Gasteiger partial charge in [-0.1, -0.05) is 36.4 Å². The van der Waals surface area contributed by atoms with Gasteiger partial charge in [0.1, 0.15) is 11.4 Å². The minimum absolute atomic E-state index is 0.0198. The molecule has 2 aliphatic heterocycles. The van der Waals surface area contributed by atoms with E-state index < -0.39 is 0 Å². The van der Waals surface area contributed by atoms with Crippen LogP contribution in [0, 0.1) is 0 Å². The molecule has 4 rings (SSSR count). The van der Waals surface area contributed by atoms with Crippen molar-refractivity contribution in [2.75, 3.05) is 7.11 Å². The Morgan fingerprint density at radius 1 is 1.23 bits per heavy atom. The van der Waals surface area contributed by atoms with Crippen molar-refractivity contribution in [3.63, 3.8) is 0 Å². The highest BCUT2D eigenvalue weighted by Crippen LogP contribution is 2.38. The third-order valence-corrected chi connectivity index (χ3v) is 5.25. The van der Waals surface area contributed by atoms with Crippen LogP contribution in [-0.4, -0.2) is 35.1 Å². The van der Waals surface area contributed by atoms with Crippen LogP contribution in [-0.2, 0) is 6.54 Å². The van der Waals surface area contributed by atoms with Crippen molar-refractivity contribution < 1.29 is 9.53 Å². The molecule has 1 N–H and O–H groups in total. The summed E-state index contributed by atoms with van der Waals surface area (Å²) in [7, 11) is 1.61. The fourth-order valence-corrected chi connectivity index (χ4v) is 4.01. The number of nitrogens with zero attached hydrogens (tertiary/aromatic N) is 2. The topological polar surface area (TPSA) is 54.5 Å². The number of fused-ring (bicyclic) bond motifs is 2. The van der Waals surface area contributed by atoms with Gasteiger partial charge in [-0.25, -0.2) is 4.79 Å². The maximum atomic E-state index is 12.8. The van der Waals surface area contributed by atoms with Crippen molar-refractivity contribution in [2.45, 2.75) is 37.9 Å². The Labute approximate surface area is 153 Å². The summed E-state index contributed by atoms with van der Waals surface area (Å²) in [6.45, 7) is 0.369. The molecule has 2 amide bonds. The minimum Gasteiger partial charge on any atom is -0.495 e. The number of pyridine rings is 1. The van der Waals surface area contributed by atoms with Crippen LogP contribution >= 0.6 is 0 Å². The van der Waals surface area contributed by atoms with E-state index in [4.69, 9.17) is 4.74 Å². The Bertz CT molecular complexity index is 819. The number of amides is 2. The van der Waals surface area contributed by atoms with E-state index in [1.165, 1.54) is 11.1 Å². The molecule has 2 atom stereocenters. The number of methoxy groups -OCH3 is 1. The summed E-state index contributed by atoms with van der Waals surface area (Å²) < 4.78 is 5.30. The number of hydrogen-bond acceptors (Lipinski definition) is 3. The molecule has 26 heavy (non-hydrogen) atoms. The van der Waals surface area contributed by atoms with Gasteiger partial charge in [-0.15, -0.1) is 0 Å². The number of urea groups is 1. The Morgan fingerprint density at radius 2 is 2.08 bits per heavy atom. The molecular formula is C21H23N3O2. The summed E-state index contributed by atoms with van der Waals surface area (Å²) in [4.78, 5) is 19.1. The molecule has 134 valence electrons. The smallest absolute Gasteiger partial charge is 0.318 e. The first-order valence-corrected chi connectivity index (χ1v) is 9.06. The first-order chi connectivity index (χ1) is 12.8. The van der Waals surface area contributed by atoms with Crippen molar-refractivity contribution in [1.82, 2.24) is 15.2 Å². The summed E-state index contributed by atoms with van der Waals surface area (Å²) in [5, 5.41) is 3.01. The van der Waals surface area contributed by atoms with Crippen LogP contribution in [0.25, 0.3) is 5.57 Å². The molecule has 2 aliphatic rings. The van der Waals surface area contributed by atoms with Crippen molar-refractivity contribution in [3.8, 4) is 5.75 Å². The summed E-state index contributed by atoms with van der Waals surface area (Å²) >= 11 is 0. The lowest BCUT2D eigenvalue weighted by Gasteiger charge is -2.34. The second-order valence-corrected chi connectivity index (χ2v) is 6.78. The third-order valence-electron chi connectivity index (χ3n) is 5.25. The summed E-state index contributed by atoms with van der Waals surface area (Å²) in [6, 6.07) is 14.6. The lowest BCUT2D eigenvalue weighted by atomic mass is 9.95. The van der Waals surface area contributed by atoms with Gasteiger partial charge < -0.3 is 15.0 Å². The molecule has 0 saturated carbocycles. The van der Waals surface area contributed by atoms with E-state index in [1.54, 1.807) is 13.3 Å². The summed E-state index contributed by atoms with van der Waals surface area (Å²) in [5.41, 5.74) is 3.37. The maximum absolute atomic E-state index is 12.8. The average Bonchev–Trinajstić information content (AvgIpc) is 2.96. The molecule has 3 heterocycles. The Balaban J connectivity index is 1.45. The van der Waals surface area contributed by atoms with Crippen LogP contribution in [0.2, 0.25) is 0 Å². The number of ether oxygens (including phenoxy) is 1. The molecule has 1 saturated heterocycles. The van der Waals surface area contributed by atoms with Gasteiger partial charge in [0.2, 0.25) is 0 Å². The van der Waals surface area contributed by atoms with E-state index in [9.17, 15) is 4.79 Å². The van der Waals surface area contributed by atoms with E-state index in [0.717, 1.165) is 25.0 Å². The van der Waals surface area contributed by atoms with Crippen LogP contribution < -0.4 is 10.1 Å². The molecular weight excluding hydrogens is 326 g/mol. The monoisotopic (exact) mass is 349 g/mol. The van der Waals surface area contributed by atoms with Crippen molar-refractivity contribution in [3.05, 3.63) is 66.0 Å². The van der Waals surface area contributed by atoms with Gasteiger partial charge in [-0.05, 0) is 42.5 Å². The highest BCUT2D eigenvalue weighted by molar-refractivity contribution is 5.78. The molecule has 0 aliphatic carbocycles. The van der Waals surface area contributed by atoms with Crippen molar-refractivity contribution in [2.24, 2.45) is 0 Å². The van der Waals surface area contributed by atoms with E-state index in [0.29, 0.717) is 12.3 Å². The fourth-order valence-electron chi connectivity index (χ4n) is 4.01. The minimum atomic E-state index is -0.0198. The van der Waals surface area contributed by atoms with Crippen molar-refractivity contribution in [1.29, 1.82) is 0 Å². The molecule has 0 radical (unpaired) electrons. The van der Waals surface area contributed by atoms with Gasteiger partial charge in [-0.2, -0.15) is 0 Å². The van der Waals surface area contributed by atoms with Crippen LogP contribution in [0.3, 0.4) is 0 Å². The van der Waals surface area contributed by atoms with Crippen LogP contribution in [0.4, 0.5) is 4.79 Å². The normalized spacial score (nSPS) is 21.3. The molecule has 1 fully saturated rings. The predicted molar refractivity (Wildman–Crippen MR) is 101 cm³/mol. The summed E-state index contributed by atoms with van der Waals surface area (Å²) in [6.07, 6.45) is 6.98. The number of nitrogens with one attached hydrogen (secondary N) is 1. The van der Waals surface area contributed by atoms with E-state index in [-0.39, 0.29) is 18.1 Å². The Hall–Kier alpha value is -2.82. The van der Waals surface area contributed by atoms with Crippen LogP contribution in [0.5, 0.6) is 5.75 Å². The number of hydrogen-bond donors (Lipinski definition) is 1. The fraction of sp³-hybridized carbons (Fsp3) is 0.333. The lowest BCUT2D eigenvalue weighted by molar-refractivity contribution is 0.179. The lowest BCUT2D eigenvalue weighted by Crippen LogP contribution is -2.48. The third kappa shape index (κ3) is 3.17. The summed E-state index contributed by atoms with van der Waals surface area (Å²) in [5.74, 6) is 0.695. The quantitative estimate of drug-likeness (QED) is 0.917. The Kier molecular flexibility index (Phi) is 4.61. The first kappa shape index (κ1) is 16.6. The molecule has 5 heteroatoms. The van der Waals surface area contributed by atoms with E-state index in [1.807, 2.05) is 23.1 Å². The van der Waals surface area contributed by atoms with Gasteiger partial charge in [0, 0.05) is 12.2 Å². The maximum Gasteiger partial charge on any atom is 0.318 e. The zero-order chi connectivity index (χ0) is 17.9. The zero-order valence-electron chi connectivity index (χ0n) is 14.9. The molecule has 2 unspecified atom stereocenters. The standard InChI is InChI=1S/C21H23N3O2/c1-26-20-8-5-11-22-19(20)14-23-21(25)24-17-9-10-18(24)13-16(12-17)15-6-3-2-4-7-15/h2-8,11-12,17-18H,9-10,13-14H2,1H3,(H,23,25). The van der Waals surface area contributed by atoms with Gasteiger partial charge in [-0.3, -0.25) is 4.98 Å². The number of aromatic nitrogens is 1.